The molecule has 1 aromatic carbocycles. The van der Waals surface area contributed by atoms with Crippen molar-refractivity contribution in [1.29, 1.82) is 5.26 Å². The van der Waals surface area contributed by atoms with E-state index in [1.165, 1.54) is 0 Å². The van der Waals surface area contributed by atoms with Crippen molar-refractivity contribution in [3.8, 4) is 17.3 Å². The van der Waals surface area contributed by atoms with Crippen molar-refractivity contribution in [3.05, 3.63) is 40.7 Å². The second-order valence-corrected chi connectivity index (χ2v) is 10.6. The molecule has 1 saturated heterocycles. The number of rotatable bonds is 4. The number of nitrogens with zero attached hydrogens (tertiary/aromatic N) is 6. The van der Waals surface area contributed by atoms with Crippen molar-refractivity contribution in [3.63, 3.8) is 0 Å². The van der Waals surface area contributed by atoms with E-state index in [2.05, 4.69) is 19.9 Å². The standard InChI is InChI=1S/C25H23F2N7O2S/c1-33(2)17-7-34(6-11(17)8-35)25-31-4-13-14-9-36-10-15(14)18(20(27)21(13)32-25)22-19-12(3-28)24(29)37-23(19)16(26)5-30-22/h4-5,11,17,35H,6-10,29H2,1-2H3/t11-,17-/m0/s1. The summed E-state index contributed by atoms with van der Waals surface area (Å²) in [6.07, 6.45) is 2.62. The Hall–Kier alpha value is -3.50. The number of fused-ring (bicyclic) bond motifs is 4. The highest BCUT2D eigenvalue weighted by Gasteiger charge is 2.36. The highest BCUT2D eigenvalue weighted by Crippen LogP contribution is 2.45. The fourth-order valence-electron chi connectivity index (χ4n) is 5.47. The van der Waals surface area contributed by atoms with Gasteiger partial charge in [0.05, 0.1) is 35.4 Å². The Morgan fingerprint density at radius 3 is 2.73 bits per heavy atom. The number of nitrogens with two attached hydrogens (primary N) is 1. The molecular weight excluding hydrogens is 500 g/mol. The second kappa shape index (κ2) is 8.81. The summed E-state index contributed by atoms with van der Waals surface area (Å²) in [5.74, 6) is -0.903. The number of ether oxygens (including phenoxy) is 1. The number of benzene rings is 1. The van der Waals surface area contributed by atoms with Crippen molar-refractivity contribution in [2.75, 3.05) is 44.4 Å². The first-order valence-electron chi connectivity index (χ1n) is 11.7. The van der Waals surface area contributed by atoms with Crippen molar-refractivity contribution in [2.45, 2.75) is 19.3 Å². The molecule has 3 N–H and O–H groups in total. The first kappa shape index (κ1) is 23.9. The summed E-state index contributed by atoms with van der Waals surface area (Å²) < 4.78 is 36.9. The number of nitrogen functional groups attached to an aromatic ring is 1. The molecular formula is C25H23F2N7O2S. The van der Waals surface area contributed by atoms with Crippen LogP contribution in [0.25, 0.3) is 32.2 Å². The van der Waals surface area contributed by atoms with Crippen LogP contribution in [0.3, 0.4) is 0 Å². The van der Waals surface area contributed by atoms with Gasteiger partial charge in [0.2, 0.25) is 5.95 Å². The minimum atomic E-state index is -0.640. The lowest BCUT2D eigenvalue weighted by Gasteiger charge is -2.23. The Balaban J connectivity index is 1.58. The van der Waals surface area contributed by atoms with Crippen LogP contribution in [0.1, 0.15) is 16.7 Å². The van der Waals surface area contributed by atoms with E-state index in [0.29, 0.717) is 30.0 Å². The third-order valence-corrected chi connectivity index (χ3v) is 8.35. The first-order chi connectivity index (χ1) is 17.8. The smallest absolute Gasteiger partial charge is 0.226 e. The van der Waals surface area contributed by atoms with Crippen molar-refractivity contribution in [2.24, 2.45) is 5.92 Å². The number of thiophene rings is 1. The van der Waals surface area contributed by atoms with E-state index in [1.807, 2.05) is 25.1 Å². The molecule has 12 heteroatoms. The van der Waals surface area contributed by atoms with E-state index in [9.17, 15) is 14.8 Å². The van der Waals surface area contributed by atoms with E-state index in [4.69, 9.17) is 10.5 Å². The number of pyridine rings is 1. The molecule has 190 valence electrons. The maximum absolute atomic E-state index is 16.4. The van der Waals surface area contributed by atoms with E-state index in [-0.39, 0.29) is 69.2 Å². The molecule has 9 nitrogen and oxygen atoms in total. The predicted octanol–water partition coefficient (Wildman–Crippen LogP) is 3.03. The molecule has 0 unspecified atom stereocenters. The van der Waals surface area contributed by atoms with Gasteiger partial charge in [-0.3, -0.25) is 4.98 Å². The third-order valence-electron chi connectivity index (χ3n) is 7.32. The molecule has 3 aromatic heterocycles. The van der Waals surface area contributed by atoms with Crippen LogP contribution in [-0.4, -0.2) is 64.8 Å². The quantitative estimate of drug-likeness (QED) is 0.415. The number of aromatic nitrogens is 3. The Morgan fingerprint density at radius 1 is 1.24 bits per heavy atom. The fourth-order valence-corrected chi connectivity index (χ4v) is 6.39. The summed E-state index contributed by atoms with van der Waals surface area (Å²) in [5, 5.41) is 20.4. The maximum Gasteiger partial charge on any atom is 0.226 e. The van der Waals surface area contributed by atoms with Gasteiger partial charge in [-0.25, -0.2) is 18.7 Å². The van der Waals surface area contributed by atoms with E-state index in [0.717, 1.165) is 23.1 Å². The van der Waals surface area contributed by atoms with Crippen LogP contribution in [0.15, 0.2) is 12.4 Å². The summed E-state index contributed by atoms with van der Waals surface area (Å²) in [6.45, 7) is 1.52. The van der Waals surface area contributed by atoms with Gasteiger partial charge in [0.15, 0.2) is 11.6 Å². The molecule has 37 heavy (non-hydrogen) atoms. The minimum absolute atomic E-state index is 0.00766. The van der Waals surface area contributed by atoms with Gasteiger partial charge in [0, 0.05) is 54.2 Å². The number of hydrogen-bond donors (Lipinski definition) is 2. The van der Waals surface area contributed by atoms with Crippen LogP contribution in [0.2, 0.25) is 0 Å². The largest absolute Gasteiger partial charge is 0.396 e. The number of aliphatic hydroxyl groups is 1. The highest BCUT2D eigenvalue weighted by atomic mass is 32.1. The zero-order valence-corrected chi connectivity index (χ0v) is 20.9. The van der Waals surface area contributed by atoms with Crippen LogP contribution in [0, 0.1) is 28.9 Å². The average molecular weight is 524 g/mol. The van der Waals surface area contributed by atoms with Crippen molar-refractivity contribution in [1.82, 2.24) is 19.9 Å². The molecule has 0 amide bonds. The van der Waals surface area contributed by atoms with E-state index >= 15 is 4.39 Å². The zero-order valence-electron chi connectivity index (χ0n) is 20.1. The topological polar surface area (TPSA) is 124 Å². The van der Waals surface area contributed by atoms with Gasteiger partial charge in [0.25, 0.3) is 0 Å². The number of likely N-dealkylation sites (N-methyl/N-ethyl adjacent to an activating group) is 1. The van der Waals surface area contributed by atoms with Crippen LogP contribution in [-0.2, 0) is 18.0 Å². The predicted molar refractivity (Wildman–Crippen MR) is 136 cm³/mol. The summed E-state index contributed by atoms with van der Waals surface area (Å²) >= 11 is 0.935. The maximum atomic E-state index is 16.4. The summed E-state index contributed by atoms with van der Waals surface area (Å²) in [5.41, 5.74) is 7.74. The van der Waals surface area contributed by atoms with Crippen LogP contribution in [0.4, 0.5) is 19.7 Å². The third kappa shape index (κ3) is 3.53. The molecule has 0 saturated carbocycles. The Kier molecular flexibility index (Phi) is 5.68. The van der Waals surface area contributed by atoms with Crippen LogP contribution >= 0.6 is 11.3 Å². The zero-order chi connectivity index (χ0) is 26.0. The van der Waals surface area contributed by atoms with Gasteiger partial charge in [0.1, 0.15) is 16.6 Å². The van der Waals surface area contributed by atoms with Gasteiger partial charge in [-0.15, -0.1) is 11.3 Å². The molecule has 5 heterocycles. The number of hydrogen-bond acceptors (Lipinski definition) is 10. The number of nitriles is 1. The van der Waals surface area contributed by atoms with E-state index < -0.39 is 11.6 Å². The lowest BCUT2D eigenvalue weighted by atomic mass is 9.94. The first-order valence-corrected chi connectivity index (χ1v) is 12.5. The van der Waals surface area contributed by atoms with Crippen LogP contribution < -0.4 is 10.6 Å². The lowest BCUT2D eigenvalue weighted by Crippen LogP contribution is -2.36. The number of anilines is 2. The molecule has 2 aliphatic heterocycles. The molecule has 6 rings (SSSR count). The SMILES string of the molecule is CN(C)[C@H]1CN(c2ncc3c4c(c(-c5ncc(F)c6sc(N)c(C#N)c56)c(F)c3n2)COC4)C[C@H]1CO. The summed E-state index contributed by atoms with van der Waals surface area (Å²) in [7, 11) is 3.91. The normalized spacial score (nSPS) is 19.3. The van der Waals surface area contributed by atoms with Crippen LogP contribution in [0.5, 0.6) is 0 Å². The Morgan fingerprint density at radius 2 is 2.03 bits per heavy atom. The molecule has 0 radical (unpaired) electrons. The molecule has 0 aliphatic carbocycles. The van der Waals surface area contributed by atoms with Gasteiger partial charge in [-0.2, -0.15) is 5.26 Å². The van der Waals surface area contributed by atoms with Crippen molar-refractivity contribution < 1.29 is 18.6 Å². The summed E-state index contributed by atoms with van der Waals surface area (Å²) in [4.78, 5) is 17.4. The van der Waals surface area contributed by atoms with Crippen molar-refractivity contribution >= 4 is 43.3 Å². The van der Waals surface area contributed by atoms with E-state index in [1.54, 1.807) is 6.20 Å². The van der Waals surface area contributed by atoms with Gasteiger partial charge < -0.3 is 25.4 Å². The highest BCUT2D eigenvalue weighted by molar-refractivity contribution is 7.23. The summed E-state index contributed by atoms with van der Waals surface area (Å²) in [6, 6.07) is 2.12. The fraction of sp³-hybridized carbons (Fsp3) is 0.360. The second-order valence-electron chi connectivity index (χ2n) is 9.56. The number of aliphatic hydroxyl groups excluding tert-OH is 1. The molecule has 0 bridgehead atoms. The monoisotopic (exact) mass is 523 g/mol. The Labute approximate surface area is 214 Å². The number of halogens is 2. The average Bonchev–Trinajstić information content (AvgIpc) is 3.62. The molecule has 0 spiro atoms. The minimum Gasteiger partial charge on any atom is -0.396 e. The molecule has 4 aromatic rings. The molecule has 1 fully saturated rings. The lowest BCUT2D eigenvalue weighted by molar-refractivity contribution is 0.135. The van der Waals surface area contributed by atoms with Gasteiger partial charge in [-0.05, 0) is 25.2 Å². The molecule has 2 atom stereocenters. The Bertz CT molecular complexity index is 1620. The molecule has 2 aliphatic rings. The van der Waals surface area contributed by atoms with Gasteiger partial charge >= 0.3 is 0 Å². The van der Waals surface area contributed by atoms with Gasteiger partial charge in [-0.1, -0.05) is 0 Å².